The highest BCUT2D eigenvalue weighted by Crippen LogP contribution is 2.23. The first-order valence-corrected chi connectivity index (χ1v) is 10.8. The van der Waals surface area contributed by atoms with Gasteiger partial charge in [0.2, 0.25) is 11.8 Å². The van der Waals surface area contributed by atoms with Crippen molar-refractivity contribution in [2.24, 2.45) is 0 Å². The molecule has 2 amide bonds. The molecular formula is C21H20FN3O2S2. The molecule has 0 spiro atoms. The van der Waals surface area contributed by atoms with Crippen LogP contribution in [0.1, 0.15) is 24.2 Å². The summed E-state index contributed by atoms with van der Waals surface area (Å²) in [6, 6.07) is 15.3. The third-order valence-electron chi connectivity index (χ3n) is 4.00. The Kier molecular flexibility index (Phi) is 7.37. The van der Waals surface area contributed by atoms with Crippen LogP contribution in [0.4, 0.5) is 10.1 Å². The molecule has 150 valence electrons. The molecule has 0 fully saturated rings. The number of thioether (sulfide) groups is 1. The fraction of sp³-hybridized carbons (Fsp3) is 0.190. The molecule has 8 heteroatoms. The second-order valence-electron chi connectivity index (χ2n) is 6.33. The van der Waals surface area contributed by atoms with Crippen LogP contribution in [0.15, 0.2) is 64.3 Å². The number of aromatic nitrogens is 1. The van der Waals surface area contributed by atoms with Gasteiger partial charge in [0.05, 0.1) is 23.9 Å². The zero-order valence-electron chi connectivity index (χ0n) is 15.7. The molecule has 0 aliphatic carbocycles. The number of hydrogen-bond donors (Lipinski definition) is 2. The lowest BCUT2D eigenvalue weighted by molar-refractivity contribution is -0.121. The Bertz CT molecular complexity index is 962. The Balaban J connectivity index is 1.44. The van der Waals surface area contributed by atoms with Crippen molar-refractivity contribution in [2.45, 2.75) is 23.7 Å². The van der Waals surface area contributed by atoms with Gasteiger partial charge in [-0.05, 0) is 36.8 Å². The molecule has 0 aliphatic heterocycles. The van der Waals surface area contributed by atoms with E-state index in [-0.39, 0.29) is 35.8 Å². The number of carbonyl (C=O) groups is 2. The highest BCUT2D eigenvalue weighted by atomic mass is 32.2. The average Bonchev–Trinajstić information content (AvgIpc) is 3.16. The number of nitrogens with one attached hydrogen (secondary N) is 2. The van der Waals surface area contributed by atoms with Crippen molar-refractivity contribution in [3.8, 4) is 0 Å². The Labute approximate surface area is 176 Å². The number of rotatable bonds is 8. The van der Waals surface area contributed by atoms with E-state index in [1.807, 2.05) is 42.6 Å². The highest BCUT2D eigenvalue weighted by Gasteiger charge is 2.13. The van der Waals surface area contributed by atoms with E-state index in [0.717, 1.165) is 9.90 Å². The number of carbonyl (C=O) groups excluding carboxylic acids is 2. The van der Waals surface area contributed by atoms with Crippen LogP contribution in [0.2, 0.25) is 0 Å². The number of amides is 2. The first-order valence-electron chi connectivity index (χ1n) is 8.96. The van der Waals surface area contributed by atoms with E-state index in [0.29, 0.717) is 11.4 Å². The van der Waals surface area contributed by atoms with Crippen molar-refractivity contribution >= 4 is 40.6 Å². The van der Waals surface area contributed by atoms with Gasteiger partial charge in [0.1, 0.15) is 5.82 Å². The standard InChI is InChI=1S/C21H20FN3O2S2/c1-14(15-5-3-2-4-6-15)23-19(26)11-18-12-28-21(25-18)29-13-20(27)24-17-9-7-16(22)8-10-17/h2-10,12,14H,11,13H2,1H3,(H,23,26)(H,24,27). The maximum absolute atomic E-state index is 12.9. The molecule has 5 nitrogen and oxygen atoms in total. The van der Waals surface area contributed by atoms with Crippen molar-refractivity contribution in [3.05, 3.63) is 77.1 Å². The van der Waals surface area contributed by atoms with Crippen molar-refractivity contribution in [1.82, 2.24) is 10.3 Å². The van der Waals surface area contributed by atoms with Crippen LogP contribution >= 0.6 is 23.1 Å². The SMILES string of the molecule is CC(NC(=O)Cc1csc(SCC(=O)Nc2ccc(F)cc2)n1)c1ccccc1. The fourth-order valence-electron chi connectivity index (χ4n) is 2.58. The number of anilines is 1. The summed E-state index contributed by atoms with van der Waals surface area (Å²) in [5.41, 5.74) is 2.26. The van der Waals surface area contributed by atoms with Crippen molar-refractivity contribution in [1.29, 1.82) is 0 Å². The van der Waals surface area contributed by atoms with Gasteiger partial charge >= 0.3 is 0 Å². The average molecular weight is 430 g/mol. The lowest BCUT2D eigenvalue weighted by Crippen LogP contribution is -2.28. The van der Waals surface area contributed by atoms with E-state index in [2.05, 4.69) is 15.6 Å². The molecule has 3 aromatic rings. The Hall–Kier alpha value is -2.71. The van der Waals surface area contributed by atoms with E-state index >= 15 is 0 Å². The minimum Gasteiger partial charge on any atom is -0.349 e. The van der Waals surface area contributed by atoms with Crippen molar-refractivity contribution < 1.29 is 14.0 Å². The first kappa shape index (κ1) is 21.0. The molecule has 0 saturated carbocycles. The van der Waals surface area contributed by atoms with E-state index in [1.54, 1.807) is 0 Å². The molecule has 3 rings (SSSR count). The number of hydrogen-bond acceptors (Lipinski definition) is 5. The Morgan fingerprint density at radius 1 is 1.10 bits per heavy atom. The summed E-state index contributed by atoms with van der Waals surface area (Å²) in [6.45, 7) is 1.94. The van der Waals surface area contributed by atoms with Gasteiger partial charge in [-0.15, -0.1) is 11.3 Å². The molecule has 1 heterocycles. The summed E-state index contributed by atoms with van der Waals surface area (Å²) in [6.07, 6.45) is 0.190. The smallest absolute Gasteiger partial charge is 0.234 e. The van der Waals surface area contributed by atoms with E-state index < -0.39 is 0 Å². The van der Waals surface area contributed by atoms with Gasteiger partial charge in [-0.2, -0.15) is 0 Å². The summed E-state index contributed by atoms with van der Waals surface area (Å²) in [4.78, 5) is 28.7. The number of nitrogens with zero attached hydrogens (tertiary/aromatic N) is 1. The summed E-state index contributed by atoms with van der Waals surface area (Å²) in [7, 11) is 0. The maximum Gasteiger partial charge on any atom is 0.234 e. The molecule has 0 aliphatic rings. The van der Waals surface area contributed by atoms with Crippen LogP contribution < -0.4 is 10.6 Å². The van der Waals surface area contributed by atoms with Gasteiger partial charge in [-0.25, -0.2) is 9.37 Å². The lowest BCUT2D eigenvalue weighted by Gasteiger charge is -2.13. The summed E-state index contributed by atoms with van der Waals surface area (Å²) < 4.78 is 13.6. The van der Waals surface area contributed by atoms with Gasteiger partial charge in [0.15, 0.2) is 4.34 Å². The van der Waals surface area contributed by atoms with Gasteiger partial charge in [-0.3, -0.25) is 9.59 Å². The van der Waals surface area contributed by atoms with E-state index in [9.17, 15) is 14.0 Å². The second-order valence-corrected chi connectivity index (χ2v) is 8.41. The topological polar surface area (TPSA) is 71.1 Å². The first-order chi connectivity index (χ1) is 14.0. The number of halogens is 1. The summed E-state index contributed by atoms with van der Waals surface area (Å²) >= 11 is 2.70. The monoisotopic (exact) mass is 429 g/mol. The van der Waals surface area contributed by atoms with Crippen LogP contribution in [0.3, 0.4) is 0 Å². The fourth-order valence-corrected chi connectivity index (χ4v) is 4.22. The second kappa shape index (κ2) is 10.2. The normalized spacial score (nSPS) is 11.7. The van der Waals surface area contributed by atoms with Crippen LogP contribution in [-0.2, 0) is 16.0 Å². The van der Waals surface area contributed by atoms with Gasteiger partial charge < -0.3 is 10.6 Å². The predicted molar refractivity (Wildman–Crippen MR) is 115 cm³/mol. The van der Waals surface area contributed by atoms with E-state index in [4.69, 9.17) is 0 Å². The van der Waals surface area contributed by atoms with Crippen LogP contribution in [0.25, 0.3) is 0 Å². The molecule has 1 unspecified atom stereocenters. The Morgan fingerprint density at radius 2 is 1.83 bits per heavy atom. The van der Waals surface area contributed by atoms with Crippen molar-refractivity contribution in [2.75, 3.05) is 11.1 Å². The minimum atomic E-state index is -0.352. The summed E-state index contributed by atoms with van der Waals surface area (Å²) in [5.74, 6) is -0.471. The Morgan fingerprint density at radius 3 is 2.55 bits per heavy atom. The predicted octanol–water partition coefficient (Wildman–Crippen LogP) is 4.43. The number of benzene rings is 2. The van der Waals surface area contributed by atoms with Gasteiger partial charge in [-0.1, -0.05) is 42.1 Å². The van der Waals surface area contributed by atoms with Gasteiger partial charge in [0.25, 0.3) is 0 Å². The molecule has 29 heavy (non-hydrogen) atoms. The van der Waals surface area contributed by atoms with Crippen molar-refractivity contribution in [3.63, 3.8) is 0 Å². The molecule has 0 radical (unpaired) electrons. The molecule has 2 aromatic carbocycles. The largest absolute Gasteiger partial charge is 0.349 e. The maximum atomic E-state index is 12.9. The molecule has 0 bridgehead atoms. The number of thiazole rings is 1. The molecule has 2 N–H and O–H groups in total. The molecule has 1 atom stereocenters. The highest BCUT2D eigenvalue weighted by molar-refractivity contribution is 8.01. The minimum absolute atomic E-state index is 0.0775. The molecular weight excluding hydrogens is 409 g/mol. The van der Waals surface area contributed by atoms with Crippen LogP contribution in [-0.4, -0.2) is 22.6 Å². The molecule has 0 saturated heterocycles. The van der Waals surface area contributed by atoms with E-state index in [1.165, 1.54) is 47.4 Å². The lowest BCUT2D eigenvalue weighted by atomic mass is 10.1. The zero-order chi connectivity index (χ0) is 20.6. The van der Waals surface area contributed by atoms with Crippen LogP contribution in [0, 0.1) is 5.82 Å². The molecule has 1 aromatic heterocycles. The van der Waals surface area contributed by atoms with Gasteiger partial charge in [0, 0.05) is 11.1 Å². The third kappa shape index (κ3) is 6.69. The quantitative estimate of drug-likeness (QED) is 0.520. The van der Waals surface area contributed by atoms with Crippen LogP contribution in [0.5, 0.6) is 0 Å². The summed E-state index contributed by atoms with van der Waals surface area (Å²) in [5, 5.41) is 7.49. The zero-order valence-corrected chi connectivity index (χ0v) is 17.4. The third-order valence-corrected chi connectivity index (χ3v) is 6.07.